The molecule has 1 heterocycles. The van der Waals surface area contributed by atoms with Gasteiger partial charge < -0.3 is 15.8 Å². The van der Waals surface area contributed by atoms with Crippen molar-refractivity contribution in [1.29, 1.82) is 0 Å². The van der Waals surface area contributed by atoms with E-state index >= 15 is 0 Å². The maximum Gasteiger partial charge on any atom is 0.311 e. The Morgan fingerprint density at radius 2 is 2.50 bits per heavy atom. The molecule has 1 unspecified atom stereocenters. The molecule has 1 aliphatic carbocycles. The van der Waals surface area contributed by atoms with Crippen molar-refractivity contribution >= 4 is 5.97 Å². The summed E-state index contributed by atoms with van der Waals surface area (Å²) in [5, 5.41) is 8.60. The summed E-state index contributed by atoms with van der Waals surface area (Å²) in [5.41, 5.74) is 7.73. The van der Waals surface area contributed by atoms with Gasteiger partial charge in [0.25, 0.3) is 0 Å². The summed E-state index contributed by atoms with van der Waals surface area (Å²) in [6.45, 7) is 0. The van der Waals surface area contributed by atoms with Crippen molar-refractivity contribution in [3.63, 3.8) is 0 Å². The van der Waals surface area contributed by atoms with Crippen molar-refractivity contribution in [2.45, 2.75) is 31.7 Å². The molecule has 1 aromatic heterocycles. The Kier molecular flexibility index (Phi) is 2.25. The fourth-order valence-electron chi connectivity index (χ4n) is 1.84. The summed E-state index contributed by atoms with van der Waals surface area (Å²) in [6.07, 6.45) is 2.85. The zero-order valence-corrected chi connectivity index (χ0v) is 7.79. The van der Waals surface area contributed by atoms with Gasteiger partial charge in [-0.1, -0.05) is 0 Å². The van der Waals surface area contributed by atoms with E-state index in [0.717, 1.165) is 30.7 Å². The minimum atomic E-state index is -0.871. The molecular formula is C9H13N3O2. The van der Waals surface area contributed by atoms with Gasteiger partial charge in [0.15, 0.2) is 0 Å². The molecule has 76 valence electrons. The number of fused-ring (bicyclic) bond motifs is 1. The van der Waals surface area contributed by atoms with Crippen molar-refractivity contribution in [3.05, 3.63) is 17.2 Å². The van der Waals surface area contributed by atoms with Gasteiger partial charge in [0.05, 0.1) is 5.69 Å². The molecule has 1 atom stereocenters. The zero-order chi connectivity index (χ0) is 10.1. The number of hydrogen-bond donors (Lipinski definition) is 3. The summed E-state index contributed by atoms with van der Waals surface area (Å²) >= 11 is 0. The van der Waals surface area contributed by atoms with Gasteiger partial charge in [0, 0.05) is 11.7 Å². The van der Waals surface area contributed by atoms with Crippen LogP contribution in [0, 0.1) is 0 Å². The van der Waals surface area contributed by atoms with Crippen LogP contribution in [0.5, 0.6) is 0 Å². The lowest BCUT2D eigenvalue weighted by molar-refractivity contribution is -0.136. The monoisotopic (exact) mass is 195 g/mol. The number of imidazole rings is 1. The van der Waals surface area contributed by atoms with Crippen LogP contribution in [-0.2, 0) is 17.6 Å². The highest BCUT2D eigenvalue weighted by Crippen LogP contribution is 2.25. The molecule has 5 heteroatoms. The van der Waals surface area contributed by atoms with Gasteiger partial charge in [-0.15, -0.1) is 0 Å². The number of nitrogens with one attached hydrogen (secondary N) is 1. The molecule has 0 fully saturated rings. The molecule has 1 aliphatic rings. The van der Waals surface area contributed by atoms with Crippen LogP contribution in [0.25, 0.3) is 0 Å². The second-order valence-electron chi connectivity index (χ2n) is 3.62. The Hall–Kier alpha value is -1.36. The number of aryl methyl sites for hydroxylation is 1. The summed E-state index contributed by atoms with van der Waals surface area (Å²) in [5.74, 6) is -0.357. The van der Waals surface area contributed by atoms with Crippen LogP contribution in [-0.4, -0.2) is 21.0 Å². The fraction of sp³-hybridized carbons (Fsp3) is 0.556. The molecule has 0 saturated heterocycles. The van der Waals surface area contributed by atoms with E-state index in [2.05, 4.69) is 9.97 Å². The number of hydrogen-bond acceptors (Lipinski definition) is 3. The van der Waals surface area contributed by atoms with Crippen LogP contribution < -0.4 is 5.73 Å². The first-order valence-electron chi connectivity index (χ1n) is 4.72. The highest BCUT2D eigenvalue weighted by molar-refractivity contribution is 5.69. The number of nitrogens with zero attached hydrogens (tertiary/aromatic N) is 1. The lowest BCUT2D eigenvalue weighted by atomic mass is 9.97. The highest BCUT2D eigenvalue weighted by Gasteiger charge is 2.21. The molecule has 0 saturated carbocycles. The number of aliphatic carboxylic acids is 1. The number of carboxylic acids is 1. The lowest BCUT2D eigenvalue weighted by Crippen LogP contribution is -2.17. The molecule has 14 heavy (non-hydrogen) atoms. The molecule has 0 aliphatic heterocycles. The van der Waals surface area contributed by atoms with Crippen molar-refractivity contribution in [3.8, 4) is 0 Å². The molecule has 2 rings (SSSR count). The standard InChI is InChI=1S/C9H13N3O2/c10-5-2-1-3-6-9(5)12-7(11-6)4-8(13)14/h5H,1-4,10H2,(H,11,12)(H,13,14). The molecule has 0 aromatic carbocycles. The number of rotatable bonds is 2. The van der Waals surface area contributed by atoms with Crippen LogP contribution in [0.2, 0.25) is 0 Å². The minimum absolute atomic E-state index is 0.0301. The average molecular weight is 195 g/mol. The maximum atomic E-state index is 10.5. The van der Waals surface area contributed by atoms with Gasteiger partial charge in [-0.2, -0.15) is 0 Å². The minimum Gasteiger partial charge on any atom is -0.481 e. The second-order valence-corrected chi connectivity index (χ2v) is 3.62. The van der Waals surface area contributed by atoms with Crippen molar-refractivity contribution in [1.82, 2.24) is 9.97 Å². The maximum absolute atomic E-state index is 10.5. The predicted molar refractivity (Wildman–Crippen MR) is 49.8 cm³/mol. The van der Waals surface area contributed by atoms with E-state index in [9.17, 15) is 4.79 Å². The Bertz CT molecular complexity index is 359. The quantitative estimate of drug-likeness (QED) is 0.635. The van der Waals surface area contributed by atoms with Crippen LogP contribution in [0.4, 0.5) is 0 Å². The zero-order valence-electron chi connectivity index (χ0n) is 7.79. The van der Waals surface area contributed by atoms with E-state index in [1.165, 1.54) is 0 Å². The molecular weight excluding hydrogens is 182 g/mol. The molecule has 5 nitrogen and oxygen atoms in total. The van der Waals surface area contributed by atoms with Gasteiger partial charge in [-0.05, 0) is 19.3 Å². The molecule has 0 spiro atoms. The second kappa shape index (κ2) is 3.42. The highest BCUT2D eigenvalue weighted by atomic mass is 16.4. The molecule has 0 amide bonds. The Morgan fingerprint density at radius 3 is 3.14 bits per heavy atom. The molecule has 0 radical (unpaired) electrons. The van der Waals surface area contributed by atoms with Gasteiger partial charge >= 0.3 is 5.97 Å². The van der Waals surface area contributed by atoms with E-state index in [1.54, 1.807) is 0 Å². The van der Waals surface area contributed by atoms with Crippen molar-refractivity contribution in [2.24, 2.45) is 5.73 Å². The topological polar surface area (TPSA) is 92.0 Å². The molecule has 0 bridgehead atoms. The third-order valence-corrected chi connectivity index (χ3v) is 2.47. The van der Waals surface area contributed by atoms with E-state index in [0.29, 0.717) is 5.82 Å². The van der Waals surface area contributed by atoms with Gasteiger partial charge in [0.1, 0.15) is 12.2 Å². The van der Waals surface area contributed by atoms with E-state index in [1.807, 2.05) is 0 Å². The lowest BCUT2D eigenvalue weighted by Gasteiger charge is -2.15. The SMILES string of the molecule is NC1CCCc2[nH]c(CC(=O)O)nc21. The van der Waals surface area contributed by atoms with E-state index < -0.39 is 5.97 Å². The normalized spacial score (nSPS) is 20.5. The van der Waals surface area contributed by atoms with Crippen LogP contribution in [0.15, 0.2) is 0 Å². The summed E-state index contributed by atoms with van der Waals surface area (Å²) in [4.78, 5) is 17.7. The fourth-order valence-corrected chi connectivity index (χ4v) is 1.84. The number of carbonyl (C=O) groups is 1. The van der Waals surface area contributed by atoms with Crippen LogP contribution >= 0.6 is 0 Å². The smallest absolute Gasteiger partial charge is 0.311 e. The number of nitrogens with two attached hydrogens (primary N) is 1. The predicted octanol–water partition coefficient (Wildman–Crippen LogP) is 0.373. The summed E-state index contributed by atoms with van der Waals surface area (Å²) in [6, 6.07) is -0.0301. The number of aromatic nitrogens is 2. The van der Waals surface area contributed by atoms with Gasteiger partial charge in [-0.25, -0.2) is 4.98 Å². The van der Waals surface area contributed by atoms with Crippen LogP contribution in [0.1, 0.15) is 36.1 Å². The molecule has 4 N–H and O–H groups in total. The van der Waals surface area contributed by atoms with Gasteiger partial charge in [0.2, 0.25) is 0 Å². The van der Waals surface area contributed by atoms with Gasteiger partial charge in [-0.3, -0.25) is 4.79 Å². The van der Waals surface area contributed by atoms with Crippen molar-refractivity contribution in [2.75, 3.05) is 0 Å². The third-order valence-electron chi connectivity index (χ3n) is 2.47. The van der Waals surface area contributed by atoms with Crippen molar-refractivity contribution < 1.29 is 9.90 Å². The third kappa shape index (κ3) is 1.63. The molecule has 1 aromatic rings. The Balaban J connectivity index is 2.26. The number of aromatic amines is 1. The first-order chi connectivity index (χ1) is 6.66. The summed E-state index contributed by atoms with van der Waals surface area (Å²) < 4.78 is 0. The van der Waals surface area contributed by atoms with Crippen LogP contribution in [0.3, 0.4) is 0 Å². The first-order valence-corrected chi connectivity index (χ1v) is 4.72. The van der Waals surface area contributed by atoms with E-state index in [-0.39, 0.29) is 12.5 Å². The Morgan fingerprint density at radius 1 is 1.71 bits per heavy atom. The van der Waals surface area contributed by atoms with E-state index in [4.69, 9.17) is 10.8 Å². The number of carboxylic acid groups (broad SMARTS) is 1. The largest absolute Gasteiger partial charge is 0.481 e. The number of H-pyrrole nitrogens is 1. The Labute approximate surface area is 81.3 Å². The average Bonchev–Trinajstić information content (AvgIpc) is 2.47. The summed E-state index contributed by atoms with van der Waals surface area (Å²) in [7, 11) is 0. The first kappa shape index (κ1) is 9.21.